The normalized spacial score (nSPS) is 14.8. The van der Waals surface area contributed by atoms with Crippen LogP contribution < -0.4 is 5.32 Å². The van der Waals surface area contributed by atoms with Gasteiger partial charge in [-0.05, 0) is 43.1 Å². The van der Waals surface area contributed by atoms with E-state index in [1.165, 1.54) is 11.1 Å². The monoisotopic (exact) mass is 248 g/mol. The molecule has 1 aromatic rings. The first-order chi connectivity index (χ1) is 8.81. The quantitative estimate of drug-likeness (QED) is 0.777. The van der Waals surface area contributed by atoms with E-state index in [2.05, 4.69) is 35.5 Å². The highest BCUT2D eigenvalue weighted by atomic mass is 16.5. The molecule has 0 bridgehead atoms. The summed E-state index contributed by atoms with van der Waals surface area (Å²) in [4.78, 5) is 2.39. The van der Waals surface area contributed by atoms with Crippen LogP contribution in [0.15, 0.2) is 18.2 Å². The van der Waals surface area contributed by atoms with Crippen LogP contribution in [0.1, 0.15) is 23.1 Å². The van der Waals surface area contributed by atoms with Crippen molar-refractivity contribution < 1.29 is 4.74 Å². The molecule has 1 N–H and O–H groups in total. The van der Waals surface area contributed by atoms with Crippen LogP contribution in [0.2, 0.25) is 0 Å². The van der Waals surface area contributed by atoms with Gasteiger partial charge in [0.2, 0.25) is 0 Å². The van der Waals surface area contributed by atoms with Crippen molar-refractivity contribution in [3.8, 4) is 0 Å². The smallest absolute Gasteiger partial charge is 0.0474 e. The Morgan fingerprint density at radius 2 is 2.28 bits per heavy atom. The second-order valence-corrected chi connectivity index (χ2v) is 5.07. The summed E-state index contributed by atoms with van der Waals surface area (Å²) in [5.74, 6) is 0. The zero-order valence-corrected chi connectivity index (χ0v) is 11.5. The van der Waals surface area contributed by atoms with E-state index in [0.29, 0.717) is 0 Å². The number of ether oxygens (including phenoxy) is 1. The van der Waals surface area contributed by atoms with Gasteiger partial charge in [0.05, 0.1) is 0 Å². The highest BCUT2D eigenvalue weighted by molar-refractivity contribution is 5.36. The maximum Gasteiger partial charge on any atom is 0.0474 e. The Bertz CT molecular complexity index is 379. The molecule has 0 fully saturated rings. The Labute approximate surface area is 110 Å². The molecule has 100 valence electrons. The number of fused-ring (bicyclic) bond motifs is 1. The molecule has 1 aliphatic rings. The summed E-state index contributed by atoms with van der Waals surface area (Å²) in [6.07, 6.45) is 2.26. The summed E-state index contributed by atoms with van der Waals surface area (Å²) in [5.41, 5.74) is 4.53. The molecule has 0 radical (unpaired) electrons. The fraction of sp³-hybridized carbons (Fsp3) is 0.600. The summed E-state index contributed by atoms with van der Waals surface area (Å²) in [6, 6.07) is 6.71. The molecule has 0 aromatic heterocycles. The first-order valence-corrected chi connectivity index (χ1v) is 6.79. The van der Waals surface area contributed by atoms with Crippen LogP contribution in [0.5, 0.6) is 0 Å². The van der Waals surface area contributed by atoms with Gasteiger partial charge in [-0.15, -0.1) is 0 Å². The molecule has 0 spiro atoms. The van der Waals surface area contributed by atoms with Crippen molar-refractivity contribution in [1.82, 2.24) is 10.2 Å². The Balaban J connectivity index is 1.96. The summed E-state index contributed by atoms with van der Waals surface area (Å²) in [5, 5.41) is 3.43. The van der Waals surface area contributed by atoms with Gasteiger partial charge >= 0.3 is 0 Å². The molecule has 0 aliphatic carbocycles. The van der Waals surface area contributed by atoms with Crippen LogP contribution >= 0.6 is 0 Å². The lowest BCUT2D eigenvalue weighted by Gasteiger charge is -2.23. The van der Waals surface area contributed by atoms with Gasteiger partial charge in [0.25, 0.3) is 0 Å². The van der Waals surface area contributed by atoms with E-state index in [1.807, 2.05) is 0 Å². The number of benzene rings is 1. The largest absolute Gasteiger partial charge is 0.385 e. The highest BCUT2D eigenvalue weighted by Gasteiger charge is 2.13. The molecule has 1 aliphatic heterocycles. The molecular weight excluding hydrogens is 224 g/mol. The zero-order chi connectivity index (χ0) is 12.8. The van der Waals surface area contributed by atoms with Crippen molar-refractivity contribution in [1.29, 1.82) is 0 Å². The van der Waals surface area contributed by atoms with E-state index in [1.54, 1.807) is 12.7 Å². The fourth-order valence-corrected chi connectivity index (χ4v) is 2.61. The topological polar surface area (TPSA) is 24.5 Å². The minimum atomic E-state index is 0.848. The molecule has 3 nitrogen and oxygen atoms in total. The van der Waals surface area contributed by atoms with Crippen molar-refractivity contribution in [2.45, 2.75) is 25.9 Å². The van der Waals surface area contributed by atoms with Gasteiger partial charge in [-0.1, -0.05) is 18.2 Å². The Hall–Kier alpha value is -0.900. The molecule has 0 saturated heterocycles. The van der Waals surface area contributed by atoms with Crippen molar-refractivity contribution in [3.63, 3.8) is 0 Å². The number of methoxy groups -OCH3 is 1. The molecule has 0 atom stereocenters. The van der Waals surface area contributed by atoms with E-state index in [0.717, 1.165) is 45.6 Å². The van der Waals surface area contributed by atoms with Crippen LogP contribution in [0.3, 0.4) is 0 Å². The van der Waals surface area contributed by atoms with Gasteiger partial charge in [-0.3, -0.25) is 0 Å². The van der Waals surface area contributed by atoms with E-state index < -0.39 is 0 Å². The minimum Gasteiger partial charge on any atom is -0.385 e. The number of nitrogens with zero attached hydrogens (tertiary/aromatic N) is 1. The lowest BCUT2D eigenvalue weighted by atomic mass is 9.95. The molecule has 1 heterocycles. The Kier molecular flexibility index (Phi) is 5.17. The summed E-state index contributed by atoms with van der Waals surface area (Å²) in [6.45, 7) is 5.12. The lowest BCUT2D eigenvalue weighted by molar-refractivity contribution is 0.178. The van der Waals surface area contributed by atoms with Crippen molar-refractivity contribution >= 4 is 0 Å². The van der Waals surface area contributed by atoms with Gasteiger partial charge in [-0.2, -0.15) is 0 Å². The van der Waals surface area contributed by atoms with Crippen LogP contribution in [0, 0.1) is 0 Å². The number of hydrogen-bond donors (Lipinski definition) is 1. The second-order valence-electron chi connectivity index (χ2n) is 5.07. The predicted octanol–water partition coefficient (Wildman–Crippen LogP) is 1.80. The highest BCUT2D eigenvalue weighted by Crippen LogP contribution is 2.19. The van der Waals surface area contributed by atoms with Crippen LogP contribution in [0.25, 0.3) is 0 Å². The van der Waals surface area contributed by atoms with Crippen molar-refractivity contribution in [2.24, 2.45) is 0 Å². The predicted molar refractivity (Wildman–Crippen MR) is 74.7 cm³/mol. The second kappa shape index (κ2) is 6.88. The van der Waals surface area contributed by atoms with Gasteiger partial charge in [0.1, 0.15) is 0 Å². The fourth-order valence-electron chi connectivity index (χ4n) is 2.61. The van der Waals surface area contributed by atoms with Crippen LogP contribution in [-0.4, -0.2) is 38.8 Å². The average Bonchev–Trinajstić information content (AvgIpc) is 2.39. The van der Waals surface area contributed by atoms with Gasteiger partial charge < -0.3 is 15.0 Å². The lowest BCUT2D eigenvalue weighted by Crippen LogP contribution is -2.26. The molecule has 0 saturated carbocycles. The molecular formula is C15H24N2O. The van der Waals surface area contributed by atoms with Crippen molar-refractivity contribution in [3.05, 3.63) is 34.9 Å². The van der Waals surface area contributed by atoms with Crippen molar-refractivity contribution in [2.75, 3.05) is 33.9 Å². The number of nitrogens with one attached hydrogen (secondary N) is 1. The maximum atomic E-state index is 5.10. The maximum absolute atomic E-state index is 5.10. The SMILES string of the molecule is COCCCN(C)Cc1cccc2c1CCNC2. The molecule has 3 heteroatoms. The Morgan fingerprint density at radius 1 is 1.39 bits per heavy atom. The first-order valence-electron chi connectivity index (χ1n) is 6.79. The first kappa shape index (κ1) is 13.5. The van der Waals surface area contributed by atoms with E-state index >= 15 is 0 Å². The van der Waals surface area contributed by atoms with E-state index in [9.17, 15) is 0 Å². The average molecular weight is 248 g/mol. The van der Waals surface area contributed by atoms with Crippen LogP contribution in [-0.2, 0) is 24.2 Å². The van der Waals surface area contributed by atoms with Crippen LogP contribution in [0.4, 0.5) is 0 Å². The summed E-state index contributed by atoms with van der Waals surface area (Å²) in [7, 11) is 3.96. The summed E-state index contributed by atoms with van der Waals surface area (Å²) >= 11 is 0. The molecule has 1 aromatic carbocycles. The molecule has 0 unspecified atom stereocenters. The molecule has 18 heavy (non-hydrogen) atoms. The molecule has 2 rings (SSSR count). The third-order valence-electron chi connectivity index (χ3n) is 3.57. The number of rotatable bonds is 6. The minimum absolute atomic E-state index is 0.848. The Morgan fingerprint density at radius 3 is 3.11 bits per heavy atom. The third kappa shape index (κ3) is 3.55. The summed E-state index contributed by atoms with van der Waals surface area (Å²) < 4.78 is 5.10. The third-order valence-corrected chi connectivity index (χ3v) is 3.57. The van der Waals surface area contributed by atoms with Gasteiger partial charge in [0, 0.05) is 33.4 Å². The standard InChI is InChI=1S/C15H24N2O/c1-17(9-4-10-18-2)12-14-6-3-5-13-11-16-8-7-15(13)14/h3,5-6,16H,4,7-12H2,1-2H3. The van der Waals surface area contributed by atoms with E-state index in [-0.39, 0.29) is 0 Å². The van der Waals surface area contributed by atoms with Gasteiger partial charge in [0.15, 0.2) is 0 Å². The zero-order valence-electron chi connectivity index (χ0n) is 11.5. The van der Waals surface area contributed by atoms with E-state index in [4.69, 9.17) is 4.74 Å². The number of hydrogen-bond acceptors (Lipinski definition) is 3. The van der Waals surface area contributed by atoms with Gasteiger partial charge in [-0.25, -0.2) is 0 Å². The molecule has 0 amide bonds.